The van der Waals surface area contributed by atoms with E-state index in [4.69, 9.17) is 4.99 Å². The molecule has 4 rings (SSSR count). The monoisotopic (exact) mass is 337 g/mol. The van der Waals surface area contributed by atoms with E-state index in [0.29, 0.717) is 17.3 Å². The first kappa shape index (κ1) is 16.2. The van der Waals surface area contributed by atoms with Gasteiger partial charge in [-0.15, -0.1) is 0 Å². The van der Waals surface area contributed by atoms with Crippen molar-refractivity contribution < 1.29 is 0 Å². The Hall–Kier alpha value is -3.25. The molecule has 0 spiro atoms. The predicted octanol–water partition coefficient (Wildman–Crippen LogP) is 5.31. The van der Waals surface area contributed by atoms with E-state index in [0.717, 1.165) is 40.9 Å². The molecule has 0 unspecified atom stereocenters. The summed E-state index contributed by atoms with van der Waals surface area (Å²) in [6, 6.07) is 24.6. The Bertz CT molecular complexity index is 953. The highest BCUT2D eigenvalue weighted by molar-refractivity contribution is 6.13. The molecule has 26 heavy (non-hydrogen) atoms. The topological polar surface area (TPSA) is 49.0 Å². The van der Waals surface area contributed by atoms with Gasteiger partial charge in [0.05, 0.1) is 17.0 Å². The number of pyridine rings is 1. The van der Waals surface area contributed by atoms with Crippen LogP contribution in [0.25, 0.3) is 0 Å². The van der Waals surface area contributed by atoms with E-state index in [1.54, 1.807) is 0 Å². The summed E-state index contributed by atoms with van der Waals surface area (Å²) < 4.78 is 0. The van der Waals surface area contributed by atoms with Crippen LogP contribution >= 0.6 is 0 Å². The molecule has 0 radical (unpaired) electrons. The number of rotatable bonds is 4. The van der Waals surface area contributed by atoms with Gasteiger partial charge < -0.3 is 0 Å². The van der Waals surface area contributed by atoms with Crippen LogP contribution in [0.3, 0.4) is 0 Å². The lowest BCUT2D eigenvalue weighted by Crippen LogP contribution is -2.03. The second kappa shape index (κ2) is 6.93. The molecule has 3 nitrogen and oxygen atoms in total. The quantitative estimate of drug-likeness (QED) is 0.606. The van der Waals surface area contributed by atoms with Crippen molar-refractivity contribution in [1.29, 1.82) is 5.26 Å². The molecule has 0 saturated heterocycles. The van der Waals surface area contributed by atoms with Gasteiger partial charge in [-0.05, 0) is 37.3 Å². The van der Waals surface area contributed by atoms with E-state index < -0.39 is 0 Å². The van der Waals surface area contributed by atoms with Crippen LogP contribution in [0.1, 0.15) is 46.7 Å². The minimum absolute atomic E-state index is 0.484. The molecule has 1 fully saturated rings. The fourth-order valence-corrected chi connectivity index (χ4v) is 3.20. The number of aromatic nitrogens is 1. The standard InChI is InChI=1S/C23H19N3/c1-16-21(15-24)20(17-12-13-17)14-22(25-16)26-23(18-8-4-2-5-9-18)19-10-6-3-7-11-19/h2-11,14,17H,12-13H2,1H3. The third-order valence-corrected chi connectivity index (χ3v) is 4.67. The summed E-state index contributed by atoms with van der Waals surface area (Å²) in [5.41, 5.74) is 5.57. The highest BCUT2D eigenvalue weighted by atomic mass is 14.9. The van der Waals surface area contributed by atoms with E-state index in [9.17, 15) is 5.26 Å². The highest BCUT2D eigenvalue weighted by Crippen LogP contribution is 2.43. The van der Waals surface area contributed by atoms with Crippen molar-refractivity contribution in [2.75, 3.05) is 0 Å². The zero-order chi connectivity index (χ0) is 17.9. The van der Waals surface area contributed by atoms with Gasteiger partial charge in [-0.2, -0.15) is 5.26 Å². The van der Waals surface area contributed by atoms with Crippen molar-refractivity contribution >= 4 is 11.5 Å². The lowest BCUT2D eigenvalue weighted by Gasteiger charge is -2.10. The number of hydrogen-bond donors (Lipinski definition) is 0. The summed E-state index contributed by atoms with van der Waals surface area (Å²) >= 11 is 0. The Kier molecular flexibility index (Phi) is 4.33. The van der Waals surface area contributed by atoms with Crippen LogP contribution in [0.15, 0.2) is 71.7 Å². The Morgan fingerprint density at radius 2 is 1.58 bits per heavy atom. The number of nitriles is 1. The van der Waals surface area contributed by atoms with Crippen LogP contribution in [0.5, 0.6) is 0 Å². The molecule has 1 aliphatic carbocycles. The van der Waals surface area contributed by atoms with E-state index >= 15 is 0 Å². The van der Waals surface area contributed by atoms with Crippen LogP contribution in [-0.4, -0.2) is 10.7 Å². The molecule has 3 aromatic rings. The van der Waals surface area contributed by atoms with Crippen LogP contribution in [0.2, 0.25) is 0 Å². The van der Waals surface area contributed by atoms with Gasteiger partial charge in [0, 0.05) is 11.1 Å². The molecular weight excluding hydrogens is 318 g/mol. The summed E-state index contributed by atoms with van der Waals surface area (Å²) in [5.74, 6) is 1.16. The molecule has 1 aliphatic rings. The maximum absolute atomic E-state index is 9.48. The lowest BCUT2D eigenvalue weighted by atomic mass is 10.0. The van der Waals surface area contributed by atoms with E-state index in [1.807, 2.05) is 49.4 Å². The molecule has 1 heterocycles. The van der Waals surface area contributed by atoms with Crippen LogP contribution in [-0.2, 0) is 0 Å². The van der Waals surface area contributed by atoms with Crippen molar-refractivity contribution in [2.45, 2.75) is 25.7 Å². The SMILES string of the molecule is Cc1nc(N=C(c2ccccc2)c2ccccc2)cc(C2CC2)c1C#N. The van der Waals surface area contributed by atoms with Gasteiger partial charge >= 0.3 is 0 Å². The van der Waals surface area contributed by atoms with Gasteiger partial charge in [-0.1, -0.05) is 60.7 Å². The second-order valence-electron chi connectivity index (χ2n) is 6.61. The molecule has 1 aromatic heterocycles. The predicted molar refractivity (Wildman–Crippen MR) is 104 cm³/mol. The zero-order valence-corrected chi connectivity index (χ0v) is 14.7. The van der Waals surface area contributed by atoms with E-state index in [2.05, 4.69) is 35.3 Å². The molecule has 2 aromatic carbocycles. The van der Waals surface area contributed by atoms with Gasteiger partial charge in [0.25, 0.3) is 0 Å². The Balaban J connectivity index is 1.87. The Labute approximate surface area is 153 Å². The van der Waals surface area contributed by atoms with Crippen LogP contribution < -0.4 is 0 Å². The maximum Gasteiger partial charge on any atom is 0.153 e. The minimum Gasteiger partial charge on any atom is -0.233 e. The van der Waals surface area contributed by atoms with Crippen molar-refractivity contribution in [2.24, 2.45) is 4.99 Å². The number of benzene rings is 2. The van der Waals surface area contributed by atoms with Gasteiger partial charge in [0.15, 0.2) is 5.82 Å². The smallest absolute Gasteiger partial charge is 0.153 e. The molecule has 0 bridgehead atoms. The maximum atomic E-state index is 9.48. The molecule has 1 saturated carbocycles. The van der Waals surface area contributed by atoms with Crippen molar-refractivity contribution in [3.05, 3.63) is 94.7 Å². The Morgan fingerprint density at radius 1 is 1.00 bits per heavy atom. The third kappa shape index (κ3) is 3.27. The number of hydrogen-bond acceptors (Lipinski definition) is 3. The first-order valence-corrected chi connectivity index (χ1v) is 8.87. The van der Waals surface area contributed by atoms with E-state index in [1.165, 1.54) is 0 Å². The summed E-state index contributed by atoms with van der Waals surface area (Å²) in [6.45, 7) is 1.90. The number of nitrogens with zero attached hydrogens (tertiary/aromatic N) is 3. The van der Waals surface area contributed by atoms with Gasteiger partial charge in [0.2, 0.25) is 0 Å². The lowest BCUT2D eigenvalue weighted by molar-refractivity contribution is 1.06. The summed E-state index contributed by atoms with van der Waals surface area (Å²) in [5, 5.41) is 9.48. The number of aliphatic imine (C=N–C) groups is 1. The second-order valence-corrected chi connectivity index (χ2v) is 6.61. The Morgan fingerprint density at radius 3 is 2.08 bits per heavy atom. The van der Waals surface area contributed by atoms with Crippen molar-refractivity contribution in [3.8, 4) is 6.07 Å². The van der Waals surface area contributed by atoms with Crippen molar-refractivity contribution in [1.82, 2.24) is 4.98 Å². The van der Waals surface area contributed by atoms with Crippen molar-refractivity contribution in [3.63, 3.8) is 0 Å². The first-order chi connectivity index (χ1) is 12.8. The normalized spacial score (nSPS) is 13.1. The molecule has 0 aliphatic heterocycles. The van der Waals surface area contributed by atoms with Gasteiger partial charge in [0.1, 0.15) is 6.07 Å². The van der Waals surface area contributed by atoms with E-state index in [-0.39, 0.29) is 0 Å². The molecule has 0 amide bonds. The molecule has 126 valence electrons. The van der Waals surface area contributed by atoms with Crippen LogP contribution in [0, 0.1) is 18.3 Å². The molecule has 0 N–H and O–H groups in total. The fraction of sp³-hybridized carbons (Fsp3) is 0.174. The van der Waals surface area contributed by atoms with Gasteiger partial charge in [-0.25, -0.2) is 9.98 Å². The third-order valence-electron chi connectivity index (χ3n) is 4.67. The average molecular weight is 337 g/mol. The number of aryl methyl sites for hydroxylation is 1. The van der Waals surface area contributed by atoms with Gasteiger partial charge in [-0.3, -0.25) is 0 Å². The first-order valence-electron chi connectivity index (χ1n) is 8.87. The van der Waals surface area contributed by atoms with Crippen LogP contribution in [0.4, 0.5) is 5.82 Å². The summed E-state index contributed by atoms with van der Waals surface area (Å²) in [6.07, 6.45) is 2.29. The summed E-state index contributed by atoms with van der Waals surface area (Å²) in [4.78, 5) is 9.50. The minimum atomic E-state index is 0.484. The zero-order valence-electron chi connectivity index (χ0n) is 14.7. The molecular formula is C23H19N3. The molecule has 3 heteroatoms. The summed E-state index contributed by atoms with van der Waals surface area (Å²) in [7, 11) is 0. The largest absolute Gasteiger partial charge is 0.233 e. The average Bonchev–Trinajstić information content (AvgIpc) is 3.52. The fourth-order valence-electron chi connectivity index (χ4n) is 3.20. The molecule has 0 atom stereocenters. The highest BCUT2D eigenvalue weighted by Gasteiger charge is 2.28.